The Hall–Kier alpha value is 0.660. The van der Waals surface area contributed by atoms with E-state index in [2.05, 4.69) is 13.8 Å². The monoisotopic (exact) mass is 236 g/mol. The molecule has 0 heterocycles. The molecule has 0 aliphatic carbocycles. The van der Waals surface area contributed by atoms with Crippen molar-refractivity contribution in [1.29, 1.82) is 0 Å². The minimum absolute atomic E-state index is 0.341. The van der Waals surface area contributed by atoms with Gasteiger partial charge in [-0.15, -0.1) is 0 Å². The van der Waals surface area contributed by atoms with E-state index in [9.17, 15) is 0 Å². The summed E-state index contributed by atoms with van der Waals surface area (Å²) in [7, 11) is 0. The quantitative estimate of drug-likeness (QED) is 0.587. The van der Waals surface area contributed by atoms with Gasteiger partial charge in [-0.05, 0) is 24.3 Å². The maximum absolute atomic E-state index is 9.15. The van der Waals surface area contributed by atoms with Crippen LogP contribution in [0.15, 0.2) is 0 Å². The molecule has 0 saturated carbocycles. The normalized spacial score (nSPS) is 13.1. The van der Waals surface area contributed by atoms with Gasteiger partial charge >= 0.3 is 0 Å². The van der Waals surface area contributed by atoms with Gasteiger partial charge in [-0.2, -0.15) is 23.5 Å². The van der Waals surface area contributed by atoms with E-state index in [0.717, 1.165) is 5.75 Å². The van der Waals surface area contributed by atoms with Gasteiger partial charge in [-0.1, -0.05) is 26.7 Å². The Kier molecular flexibility index (Phi) is 12.3. The number of aliphatic hydroxyl groups is 1. The first-order valence-electron chi connectivity index (χ1n) is 5.65. The second-order valence-electron chi connectivity index (χ2n) is 3.46. The molecule has 0 amide bonds. The number of aliphatic hydroxyl groups excluding tert-OH is 1. The molecule has 3 heteroatoms. The van der Waals surface area contributed by atoms with E-state index in [4.69, 9.17) is 5.11 Å². The molecule has 1 atom stereocenters. The zero-order chi connectivity index (χ0) is 10.6. The topological polar surface area (TPSA) is 20.2 Å². The summed E-state index contributed by atoms with van der Waals surface area (Å²) in [5.74, 6) is 3.57. The third-order valence-corrected chi connectivity index (χ3v) is 4.74. The molecular weight excluding hydrogens is 212 g/mol. The smallest absolute Gasteiger partial charge is 0.0558 e. The third-order valence-electron chi connectivity index (χ3n) is 2.00. The van der Waals surface area contributed by atoms with Crippen molar-refractivity contribution in [1.82, 2.24) is 0 Å². The average Bonchev–Trinajstić information content (AvgIpc) is 2.22. The van der Waals surface area contributed by atoms with Gasteiger partial charge in [0.05, 0.1) is 6.61 Å². The highest BCUT2D eigenvalue weighted by atomic mass is 32.2. The van der Waals surface area contributed by atoms with Gasteiger partial charge in [0.15, 0.2) is 0 Å². The molecule has 0 radical (unpaired) electrons. The maximum atomic E-state index is 9.15. The molecule has 0 rings (SSSR count). The minimum Gasteiger partial charge on any atom is -0.395 e. The van der Waals surface area contributed by atoms with Gasteiger partial charge < -0.3 is 5.11 Å². The van der Waals surface area contributed by atoms with E-state index in [1.54, 1.807) is 0 Å². The molecule has 0 aliphatic rings. The Balaban J connectivity index is 3.28. The fraction of sp³-hybridized carbons (Fsp3) is 1.00. The molecule has 86 valence electrons. The van der Waals surface area contributed by atoms with Crippen LogP contribution in [0.5, 0.6) is 0 Å². The summed E-state index contributed by atoms with van der Waals surface area (Å²) in [5.41, 5.74) is 0. The van der Waals surface area contributed by atoms with Crippen LogP contribution in [0.2, 0.25) is 0 Å². The molecule has 1 unspecified atom stereocenters. The van der Waals surface area contributed by atoms with Crippen molar-refractivity contribution in [3.05, 3.63) is 0 Å². The van der Waals surface area contributed by atoms with Gasteiger partial charge in [0, 0.05) is 11.0 Å². The van der Waals surface area contributed by atoms with Crippen molar-refractivity contribution in [2.75, 3.05) is 23.9 Å². The van der Waals surface area contributed by atoms with E-state index in [1.165, 1.54) is 37.2 Å². The minimum atomic E-state index is 0.341. The second-order valence-corrected chi connectivity index (χ2v) is 6.02. The van der Waals surface area contributed by atoms with Crippen LogP contribution in [0.25, 0.3) is 0 Å². The average molecular weight is 236 g/mol. The summed E-state index contributed by atoms with van der Waals surface area (Å²) in [6, 6.07) is 0. The van der Waals surface area contributed by atoms with E-state index < -0.39 is 0 Å². The Morgan fingerprint density at radius 3 is 2.29 bits per heavy atom. The van der Waals surface area contributed by atoms with Gasteiger partial charge in [-0.25, -0.2) is 0 Å². The molecule has 0 aromatic carbocycles. The lowest BCUT2D eigenvalue weighted by molar-refractivity contribution is 0.301. The predicted molar refractivity (Wildman–Crippen MR) is 70.5 cm³/mol. The zero-order valence-corrected chi connectivity index (χ0v) is 11.1. The fourth-order valence-corrected chi connectivity index (χ4v) is 3.60. The first-order chi connectivity index (χ1) is 6.85. The van der Waals surface area contributed by atoms with Crippen LogP contribution in [0.3, 0.4) is 0 Å². The molecule has 14 heavy (non-hydrogen) atoms. The Morgan fingerprint density at radius 1 is 1.07 bits per heavy atom. The zero-order valence-electron chi connectivity index (χ0n) is 9.50. The first kappa shape index (κ1) is 14.7. The molecule has 1 nitrogen and oxygen atoms in total. The van der Waals surface area contributed by atoms with Gasteiger partial charge in [0.25, 0.3) is 0 Å². The lowest BCUT2D eigenvalue weighted by Gasteiger charge is -2.12. The van der Waals surface area contributed by atoms with Gasteiger partial charge in [-0.3, -0.25) is 0 Å². The highest BCUT2D eigenvalue weighted by Gasteiger charge is 2.06. The van der Waals surface area contributed by atoms with Crippen LogP contribution in [0, 0.1) is 0 Å². The van der Waals surface area contributed by atoms with Gasteiger partial charge in [0.1, 0.15) is 0 Å². The summed E-state index contributed by atoms with van der Waals surface area (Å²) in [4.78, 5) is 0. The van der Waals surface area contributed by atoms with E-state index in [-0.39, 0.29) is 0 Å². The predicted octanol–water partition coefficient (Wildman–Crippen LogP) is 3.41. The molecule has 0 aromatic heterocycles. The maximum Gasteiger partial charge on any atom is 0.0558 e. The number of rotatable bonds is 10. The van der Waals surface area contributed by atoms with Crippen molar-refractivity contribution in [2.45, 2.75) is 44.8 Å². The molecule has 0 spiro atoms. The molecule has 0 aromatic rings. The molecule has 0 fully saturated rings. The SMILES string of the molecule is CCCCSCC(CO)SCCCC. The van der Waals surface area contributed by atoms with Crippen molar-refractivity contribution in [3.63, 3.8) is 0 Å². The van der Waals surface area contributed by atoms with Crippen molar-refractivity contribution in [3.8, 4) is 0 Å². The van der Waals surface area contributed by atoms with Crippen molar-refractivity contribution < 1.29 is 5.11 Å². The van der Waals surface area contributed by atoms with Crippen LogP contribution in [0.1, 0.15) is 39.5 Å². The lowest BCUT2D eigenvalue weighted by Crippen LogP contribution is -2.12. The highest BCUT2D eigenvalue weighted by molar-refractivity contribution is 8.03. The van der Waals surface area contributed by atoms with Crippen molar-refractivity contribution >= 4 is 23.5 Å². The van der Waals surface area contributed by atoms with Crippen LogP contribution >= 0.6 is 23.5 Å². The van der Waals surface area contributed by atoms with E-state index in [0.29, 0.717) is 11.9 Å². The third kappa shape index (κ3) is 9.22. The molecule has 1 N–H and O–H groups in total. The number of unbranched alkanes of at least 4 members (excludes halogenated alkanes) is 2. The summed E-state index contributed by atoms with van der Waals surface area (Å²) in [5, 5.41) is 9.61. The first-order valence-corrected chi connectivity index (χ1v) is 7.85. The van der Waals surface area contributed by atoms with Crippen LogP contribution in [-0.2, 0) is 0 Å². The summed E-state index contributed by atoms with van der Waals surface area (Å²) in [6.45, 7) is 4.78. The Morgan fingerprint density at radius 2 is 1.71 bits per heavy atom. The fourth-order valence-electron chi connectivity index (χ4n) is 1.01. The van der Waals surface area contributed by atoms with Gasteiger partial charge in [0.2, 0.25) is 0 Å². The number of hydrogen-bond donors (Lipinski definition) is 1. The van der Waals surface area contributed by atoms with Crippen molar-refractivity contribution in [2.24, 2.45) is 0 Å². The molecule has 0 aliphatic heterocycles. The molecule has 0 bridgehead atoms. The number of hydrogen-bond acceptors (Lipinski definition) is 3. The summed E-state index contributed by atoms with van der Waals surface area (Å²) >= 11 is 3.92. The Labute approximate surface area is 97.4 Å². The highest BCUT2D eigenvalue weighted by Crippen LogP contribution is 2.18. The second kappa shape index (κ2) is 11.7. The molecule has 0 saturated heterocycles. The largest absolute Gasteiger partial charge is 0.395 e. The van der Waals surface area contributed by atoms with Crippen LogP contribution in [0.4, 0.5) is 0 Å². The summed E-state index contributed by atoms with van der Waals surface area (Å²) in [6.07, 6.45) is 5.12. The van der Waals surface area contributed by atoms with E-state index >= 15 is 0 Å². The standard InChI is InChI=1S/C11H24OS2/c1-3-5-7-13-10-11(9-12)14-8-6-4-2/h11-12H,3-10H2,1-2H3. The summed E-state index contributed by atoms with van der Waals surface area (Å²) < 4.78 is 0. The van der Waals surface area contributed by atoms with E-state index in [1.807, 2.05) is 23.5 Å². The van der Waals surface area contributed by atoms with Crippen LogP contribution in [-0.4, -0.2) is 34.2 Å². The Bertz CT molecular complexity index is 109. The lowest BCUT2D eigenvalue weighted by atomic mass is 10.4. The number of thioether (sulfide) groups is 2. The van der Waals surface area contributed by atoms with Crippen LogP contribution < -0.4 is 0 Å². The molecular formula is C11H24OS2.